The Labute approximate surface area is 184 Å². The van der Waals surface area contributed by atoms with Crippen LogP contribution in [0.3, 0.4) is 0 Å². The molecule has 0 saturated heterocycles. The summed E-state index contributed by atoms with van der Waals surface area (Å²) in [5, 5.41) is 4.68. The molecule has 0 N–H and O–H groups in total. The number of nitrogens with zero attached hydrogens (tertiary/aromatic N) is 1. The van der Waals surface area contributed by atoms with Gasteiger partial charge < -0.3 is 8.98 Å². The van der Waals surface area contributed by atoms with Crippen molar-refractivity contribution in [2.75, 3.05) is 0 Å². The van der Waals surface area contributed by atoms with Crippen molar-refractivity contribution >= 4 is 43.7 Å². The van der Waals surface area contributed by atoms with Gasteiger partial charge in [0, 0.05) is 21.8 Å². The molecule has 2 nitrogen and oxygen atoms in total. The van der Waals surface area contributed by atoms with Crippen LogP contribution in [-0.2, 0) is 0 Å². The summed E-state index contributed by atoms with van der Waals surface area (Å²) in [5.74, 6) is 0. The largest absolute Gasteiger partial charge is 0.455 e. The summed E-state index contributed by atoms with van der Waals surface area (Å²) in [6.45, 7) is 0. The molecule has 7 rings (SSSR count). The van der Waals surface area contributed by atoms with E-state index in [2.05, 4.69) is 120 Å². The average Bonchev–Trinajstić information content (AvgIpc) is 3.40. The van der Waals surface area contributed by atoms with Crippen molar-refractivity contribution in [2.45, 2.75) is 0 Å². The zero-order valence-electron chi connectivity index (χ0n) is 17.3. The summed E-state index contributed by atoms with van der Waals surface area (Å²) < 4.78 is 8.83. The summed E-state index contributed by atoms with van der Waals surface area (Å²) in [6.07, 6.45) is 0. The Balaban J connectivity index is 1.59. The molecule has 7 aromatic rings. The van der Waals surface area contributed by atoms with E-state index >= 15 is 0 Å². The SMILES string of the molecule is c1ccc(-c2ccc3oc4c(ccc5c4c4ccccc4n5-c4ccccc4)c3c2)cc1. The lowest BCUT2D eigenvalue weighted by atomic mass is 10.0. The van der Waals surface area contributed by atoms with Crippen LogP contribution in [0.15, 0.2) is 120 Å². The Morgan fingerprint density at radius 1 is 0.500 bits per heavy atom. The van der Waals surface area contributed by atoms with E-state index in [9.17, 15) is 0 Å². The molecular formula is C30H19NO. The third kappa shape index (κ3) is 2.41. The van der Waals surface area contributed by atoms with Gasteiger partial charge >= 0.3 is 0 Å². The minimum Gasteiger partial charge on any atom is -0.455 e. The molecule has 0 spiro atoms. The first-order valence-corrected chi connectivity index (χ1v) is 10.9. The molecule has 0 atom stereocenters. The van der Waals surface area contributed by atoms with Gasteiger partial charge in [-0.25, -0.2) is 0 Å². The number of para-hydroxylation sites is 2. The van der Waals surface area contributed by atoms with Gasteiger partial charge in [0.25, 0.3) is 0 Å². The molecule has 2 heterocycles. The van der Waals surface area contributed by atoms with Crippen LogP contribution in [0.25, 0.3) is 60.6 Å². The number of rotatable bonds is 2. The molecule has 150 valence electrons. The van der Waals surface area contributed by atoms with Crippen molar-refractivity contribution in [1.29, 1.82) is 0 Å². The predicted molar refractivity (Wildman–Crippen MR) is 133 cm³/mol. The Bertz CT molecular complexity index is 1760. The van der Waals surface area contributed by atoms with Crippen LogP contribution in [0.4, 0.5) is 0 Å². The van der Waals surface area contributed by atoms with Crippen LogP contribution < -0.4 is 0 Å². The summed E-state index contributed by atoms with van der Waals surface area (Å²) in [6, 6.07) is 40.5. The molecule has 0 aliphatic rings. The van der Waals surface area contributed by atoms with Gasteiger partial charge in [-0.3, -0.25) is 0 Å². The maximum Gasteiger partial charge on any atom is 0.145 e. The fourth-order valence-electron chi connectivity index (χ4n) is 4.95. The van der Waals surface area contributed by atoms with Gasteiger partial charge in [0.15, 0.2) is 0 Å². The zero-order valence-corrected chi connectivity index (χ0v) is 17.3. The van der Waals surface area contributed by atoms with Crippen LogP contribution in [0, 0.1) is 0 Å². The van der Waals surface area contributed by atoms with E-state index in [-0.39, 0.29) is 0 Å². The van der Waals surface area contributed by atoms with Gasteiger partial charge in [0.05, 0.1) is 16.4 Å². The van der Waals surface area contributed by atoms with Crippen LogP contribution in [0.1, 0.15) is 0 Å². The minimum absolute atomic E-state index is 0.920. The normalized spacial score (nSPS) is 11.8. The highest BCUT2D eigenvalue weighted by molar-refractivity contribution is 6.24. The van der Waals surface area contributed by atoms with E-state index in [0.29, 0.717) is 0 Å². The highest BCUT2D eigenvalue weighted by Crippen LogP contribution is 2.41. The lowest BCUT2D eigenvalue weighted by molar-refractivity contribution is 0.673. The van der Waals surface area contributed by atoms with Crippen molar-refractivity contribution in [3.63, 3.8) is 0 Å². The van der Waals surface area contributed by atoms with Gasteiger partial charge in [-0.2, -0.15) is 0 Å². The summed E-state index contributed by atoms with van der Waals surface area (Å²) in [5.41, 5.74) is 7.79. The molecule has 5 aromatic carbocycles. The predicted octanol–water partition coefficient (Wildman–Crippen LogP) is 8.35. The number of fused-ring (bicyclic) bond motifs is 7. The quantitative estimate of drug-likeness (QED) is 0.280. The third-order valence-corrected chi connectivity index (χ3v) is 6.39. The maximum atomic E-state index is 6.50. The van der Waals surface area contributed by atoms with Crippen LogP contribution >= 0.6 is 0 Å². The monoisotopic (exact) mass is 409 g/mol. The molecule has 0 unspecified atom stereocenters. The lowest BCUT2D eigenvalue weighted by Gasteiger charge is -2.07. The minimum atomic E-state index is 0.920. The Kier molecular flexibility index (Phi) is 3.58. The van der Waals surface area contributed by atoms with E-state index in [1.165, 1.54) is 27.4 Å². The van der Waals surface area contributed by atoms with Crippen LogP contribution in [-0.4, -0.2) is 4.57 Å². The van der Waals surface area contributed by atoms with Crippen molar-refractivity contribution in [1.82, 2.24) is 4.57 Å². The standard InChI is InChI=1S/C30H19NO/c1-3-9-20(10-4-1)21-15-18-28-25(19-21)23-16-17-27-29(30(23)32-28)24-13-7-8-14-26(24)31(27)22-11-5-2-6-12-22/h1-19H. The molecule has 32 heavy (non-hydrogen) atoms. The number of furan rings is 1. The van der Waals surface area contributed by atoms with E-state index in [1.807, 2.05) is 0 Å². The molecule has 0 amide bonds. The summed E-state index contributed by atoms with van der Waals surface area (Å²) >= 11 is 0. The molecule has 0 aliphatic heterocycles. The van der Waals surface area contributed by atoms with E-state index in [0.717, 1.165) is 33.1 Å². The summed E-state index contributed by atoms with van der Waals surface area (Å²) in [4.78, 5) is 0. The molecule has 0 fully saturated rings. The zero-order chi connectivity index (χ0) is 21.1. The van der Waals surface area contributed by atoms with Crippen LogP contribution in [0.5, 0.6) is 0 Å². The average molecular weight is 409 g/mol. The van der Waals surface area contributed by atoms with Crippen LogP contribution in [0.2, 0.25) is 0 Å². The van der Waals surface area contributed by atoms with E-state index < -0.39 is 0 Å². The van der Waals surface area contributed by atoms with E-state index in [4.69, 9.17) is 4.42 Å². The number of aromatic nitrogens is 1. The highest BCUT2D eigenvalue weighted by Gasteiger charge is 2.18. The molecule has 0 saturated carbocycles. The number of hydrogen-bond acceptors (Lipinski definition) is 1. The van der Waals surface area contributed by atoms with Crippen molar-refractivity contribution in [3.8, 4) is 16.8 Å². The van der Waals surface area contributed by atoms with Gasteiger partial charge in [0.1, 0.15) is 11.2 Å². The number of benzene rings is 5. The molecule has 2 aromatic heterocycles. The second-order valence-corrected chi connectivity index (χ2v) is 8.20. The second kappa shape index (κ2) is 6.60. The molecule has 2 heteroatoms. The fraction of sp³-hybridized carbons (Fsp3) is 0. The van der Waals surface area contributed by atoms with Crippen molar-refractivity contribution in [3.05, 3.63) is 115 Å². The second-order valence-electron chi connectivity index (χ2n) is 8.20. The fourth-order valence-corrected chi connectivity index (χ4v) is 4.95. The first kappa shape index (κ1) is 17.4. The topological polar surface area (TPSA) is 18.1 Å². The van der Waals surface area contributed by atoms with Gasteiger partial charge in [0.2, 0.25) is 0 Å². The Morgan fingerprint density at radius 3 is 2.09 bits per heavy atom. The van der Waals surface area contributed by atoms with Crippen molar-refractivity contribution in [2.24, 2.45) is 0 Å². The maximum absolute atomic E-state index is 6.50. The first-order chi connectivity index (χ1) is 15.9. The molecule has 0 bridgehead atoms. The van der Waals surface area contributed by atoms with Gasteiger partial charge in [-0.15, -0.1) is 0 Å². The Morgan fingerprint density at radius 2 is 1.25 bits per heavy atom. The molecular weight excluding hydrogens is 390 g/mol. The number of hydrogen-bond donors (Lipinski definition) is 0. The lowest BCUT2D eigenvalue weighted by Crippen LogP contribution is -1.92. The smallest absolute Gasteiger partial charge is 0.145 e. The summed E-state index contributed by atoms with van der Waals surface area (Å²) in [7, 11) is 0. The van der Waals surface area contributed by atoms with Gasteiger partial charge in [-0.05, 0) is 53.6 Å². The third-order valence-electron chi connectivity index (χ3n) is 6.39. The van der Waals surface area contributed by atoms with Crippen molar-refractivity contribution < 1.29 is 4.42 Å². The van der Waals surface area contributed by atoms with Gasteiger partial charge in [-0.1, -0.05) is 72.8 Å². The Hall–Kier alpha value is -4.30. The highest BCUT2D eigenvalue weighted by atomic mass is 16.3. The first-order valence-electron chi connectivity index (χ1n) is 10.9. The molecule has 0 radical (unpaired) electrons. The molecule has 0 aliphatic carbocycles. The van der Waals surface area contributed by atoms with E-state index in [1.54, 1.807) is 0 Å².